The largest absolute Gasteiger partial charge is 0.390 e. The molecule has 0 bridgehead atoms. The zero-order chi connectivity index (χ0) is 13.7. The topological polar surface area (TPSA) is 57.5 Å². The van der Waals surface area contributed by atoms with Crippen molar-refractivity contribution in [2.45, 2.75) is 64.6 Å². The smallest absolute Gasteiger partial charge is 0.161 e. The molecule has 3 nitrogen and oxygen atoms in total. The molecule has 0 radical (unpaired) electrons. The zero-order valence-corrected chi connectivity index (χ0v) is 11.8. The first-order chi connectivity index (χ1) is 8.15. The van der Waals surface area contributed by atoms with Crippen LogP contribution in [0, 0.1) is 11.8 Å². The second kappa shape index (κ2) is 4.17. The summed E-state index contributed by atoms with van der Waals surface area (Å²) in [7, 11) is 0. The molecule has 18 heavy (non-hydrogen) atoms. The molecule has 2 rings (SSSR count). The summed E-state index contributed by atoms with van der Waals surface area (Å²) in [6.45, 7) is 7.46. The number of fused-ring (bicyclic) bond motifs is 1. The number of ketones is 1. The maximum atomic E-state index is 12.2. The normalized spacial score (nSPS) is 44.8. The lowest BCUT2D eigenvalue weighted by atomic mass is 9.76. The van der Waals surface area contributed by atoms with Crippen molar-refractivity contribution in [3.05, 3.63) is 11.1 Å². The van der Waals surface area contributed by atoms with Gasteiger partial charge in [-0.1, -0.05) is 5.57 Å². The molecule has 0 aromatic rings. The summed E-state index contributed by atoms with van der Waals surface area (Å²) < 4.78 is 0. The highest BCUT2D eigenvalue weighted by atomic mass is 16.3. The number of hydrogen-bond donors (Lipinski definition) is 2. The zero-order valence-electron chi connectivity index (χ0n) is 11.8. The summed E-state index contributed by atoms with van der Waals surface area (Å²) in [5, 5.41) is 21.1. The second-order valence-corrected chi connectivity index (χ2v) is 6.75. The predicted octanol–water partition coefficient (Wildman–Crippen LogP) is 2.21. The minimum absolute atomic E-state index is 0.0103. The predicted molar refractivity (Wildman–Crippen MR) is 70.1 cm³/mol. The van der Waals surface area contributed by atoms with Crippen LogP contribution in [0.3, 0.4) is 0 Å². The van der Waals surface area contributed by atoms with Crippen molar-refractivity contribution < 1.29 is 15.0 Å². The molecule has 2 fully saturated rings. The van der Waals surface area contributed by atoms with E-state index >= 15 is 0 Å². The lowest BCUT2D eigenvalue weighted by Gasteiger charge is -2.34. The van der Waals surface area contributed by atoms with Crippen LogP contribution >= 0.6 is 0 Å². The fourth-order valence-corrected chi connectivity index (χ4v) is 3.75. The number of hydrogen-bond acceptors (Lipinski definition) is 3. The van der Waals surface area contributed by atoms with E-state index in [0.29, 0.717) is 12.8 Å². The summed E-state index contributed by atoms with van der Waals surface area (Å²) in [5.74, 6) is 0.0577. The highest BCUT2D eigenvalue weighted by Gasteiger charge is 2.53. The summed E-state index contributed by atoms with van der Waals surface area (Å²) in [6, 6.07) is 0. The van der Waals surface area contributed by atoms with Crippen LogP contribution in [0.2, 0.25) is 0 Å². The molecule has 0 amide bonds. The lowest BCUT2D eigenvalue weighted by Crippen LogP contribution is -2.41. The van der Waals surface area contributed by atoms with E-state index in [9.17, 15) is 15.0 Å². The molecular formula is C15H24O3. The standard InChI is InChI=1S/C15H24O3/c1-9(2)10-7-12-11(5-6-14(12,3)17)15(4,18)8-13(10)16/h11-12,17-18H,5-8H2,1-4H3/t11-,12-,14+,15+/m1/s1. The molecule has 0 aromatic carbocycles. The van der Waals surface area contributed by atoms with Gasteiger partial charge in [-0.3, -0.25) is 4.79 Å². The number of carbonyl (C=O) groups excluding carboxylic acids is 1. The summed E-state index contributed by atoms with van der Waals surface area (Å²) >= 11 is 0. The van der Waals surface area contributed by atoms with Crippen LogP contribution < -0.4 is 0 Å². The van der Waals surface area contributed by atoms with Crippen LogP contribution in [-0.2, 0) is 4.79 Å². The molecule has 102 valence electrons. The van der Waals surface area contributed by atoms with Crippen LogP contribution in [0.25, 0.3) is 0 Å². The van der Waals surface area contributed by atoms with Crippen molar-refractivity contribution in [2.75, 3.05) is 0 Å². The second-order valence-electron chi connectivity index (χ2n) is 6.75. The number of Topliss-reactive ketones (excluding diaryl/α,β-unsaturated/α-hetero) is 1. The number of carbonyl (C=O) groups is 1. The van der Waals surface area contributed by atoms with E-state index in [1.807, 2.05) is 20.8 Å². The minimum Gasteiger partial charge on any atom is -0.390 e. The highest BCUT2D eigenvalue weighted by molar-refractivity contribution is 5.97. The van der Waals surface area contributed by atoms with E-state index in [1.54, 1.807) is 6.92 Å². The Morgan fingerprint density at radius 1 is 1.17 bits per heavy atom. The molecule has 2 saturated carbocycles. The molecule has 2 N–H and O–H groups in total. The maximum absolute atomic E-state index is 12.2. The third-order valence-electron chi connectivity index (χ3n) is 4.93. The maximum Gasteiger partial charge on any atom is 0.161 e. The van der Waals surface area contributed by atoms with Gasteiger partial charge in [0.25, 0.3) is 0 Å². The van der Waals surface area contributed by atoms with Gasteiger partial charge in [0.1, 0.15) is 0 Å². The van der Waals surface area contributed by atoms with Crippen molar-refractivity contribution in [3.8, 4) is 0 Å². The number of aliphatic hydroxyl groups is 2. The Hall–Kier alpha value is -0.670. The number of allylic oxidation sites excluding steroid dienone is 2. The first kappa shape index (κ1) is 13.8. The lowest BCUT2D eigenvalue weighted by molar-refractivity contribution is -0.121. The highest BCUT2D eigenvalue weighted by Crippen LogP contribution is 2.51. The van der Waals surface area contributed by atoms with Crippen molar-refractivity contribution in [1.82, 2.24) is 0 Å². The van der Waals surface area contributed by atoms with Gasteiger partial charge in [0.05, 0.1) is 11.2 Å². The van der Waals surface area contributed by atoms with Crippen molar-refractivity contribution in [3.63, 3.8) is 0 Å². The van der Waals surface area contributed by atoms with E-state index in [1.165, 1.54) is 0 Å². The van der Waals surface area contributed by atoms with Crippen LogP contribution in [0.4, 0.5) is 0 Å². The van der Waals surface area contributed by atoms with E-state index in [0.717, 1.165) is 17.6 Å². The molecular weight excluding hydrogens is 228 g/mol. The molecule has 0 saturated heterocycles. The Morgan fingerprint density at radius 2 is 1.78 bits per heavy atom. The monoisotopic (exact) mass is 252 g/mol. The van der Waals surface area contributed by atoms with Gasteiger partial charge in [0, 0.05) is 6.42 Å². The molecule has 4 atom stereocenters. The third-order valence-corrected chi connectivity index (χ3v) is 4.93. The Kier molecular flexibility index (Phi) is 3.19. The van der Waals surface area contributed by atoms with Gasteiger partial charge in [-0.15, -0.1) is 0 Å². The SMILES string of the molecule is CC(C)=C1C[C@@H]2[C@@H](CC[C@]2(C)O)[C@@](C)(O)CC1=O. The Balaban J connectivity index is 2.45. The molecule has 3 heteroatoms. The molecule has 2 aliphatic rings. The van der Waals surface area contributed by atoms with Gasteiger partial charge < -0.3 is 10.2 Å². The van der Waals surface area contributed by atoms with Gasteiger partial charge in [0.2, 0.25) is 0 Å². The molecule has 0 spiro atoms. The fraction of sp³-hybridized carbons (Fsp3) is 0.800. The van der Waals surface area contributed by atoms with Gasteiger partial charge in [-0.25, -0.2) is 0 Å². The summed E-state index contributed by atoms with van der Waals surface area (Å²) in [5.41, 5.74) is 0.0727. The van der Waals surface area contributed by atoms with Gasteiger partial charge in [0.15, 0.2) is 5.78 Å². The summed E-state index contributed by atoms with van der Waals surface area (Å²) in [6.07, 6.45) is 2.30. The quantitative estimate of drug-likeness (QED) is 0.650. The van der Waals surface area contributed by atoms with Gasteiger partial charge in [-0.05, 0) is 64.4 Å². The minimum atomic E-state index is -0.987. The van der Waals surface area contributed by atoms with Gasteiger partial charge >= 0.3 is 0 Å². The molecule has 0 unspecified atom stereocenters. The molecule has 0 aromatic heterocycles. The average Bonchev–Trinajstić information content (AvgIpc) is 2.43. The van der Waals surface area contributed by atoms with Crippen LogP contribution in [0.1, 0.15) is 53.4 Å². The first-order valence-electron chi connectivity index (χ1n) is 6.79. The molecule has 0 aliphatic heterocycles. The van der Waals surface area contributed by atoms with E-state index in [2.05, 4.69) is 0 Å². The van der Waals surface area contributed by atoms with Crippen LogP contribution in [-0.4, -0.2) is 27.2 Å². The summed E-state index contributed by atoms with van der Waals surface area (Å²) in [4.78, 5) is 12.2. The van der Waals surface area contributed by atoms with Crippen molar-refractivity contribution >= 4 is 5.78 Å². The molecule has 2 aliphatic carbocycles. The van der Waals surface area contributed by atoms with E-state index in [4.69, 9.17) is 0 Å². The number of rotatable bonds is 0. The average molecular weight is 252 g/mol. The van der Waals surface area contributed by atoms with Crippen LogP contribution in [0.5, 0.6) is 0 Å². The van der Waals surface area contributed by atoms with E-state index < -0.39 is 11.2 Å². The Bertz CT molecular complexity index is 400. The van der Waals surface area contributed by atoms with Gasteiger partial charge in [-0.2, -0.15) is 0 Å². The molecule has 0 heterocycles. The van der Waals surface area contributed by atoms with E-state index in [-0.39, 0.29) is 24.0 Å². The fourth-order valence-electron chi connectivity index (χ4n) is 3.75. The Labute approximate surface area is 109 Å². The van der Waals surface area contributed by atoms with Crippen LogP contribution in [0.15, 0.2) is 11.1 Å². The third kappa shape index (κ3) is 2.14. The van der Waals surface area contributed by atoms with Crippen molar-refractivity contribution in [1.29, 1.82) is 0 Å². The first-order valence-corrected chi connectivity index (χ1v) is 6.79. The Morgan fingerprint density at radius 3 is 2.33 bits per heavy atom. The van der Waals surface area contributed by atoms with Crippen molar-refractivity contribution in [2.24, 2.45) is 11.8 Å².